The molecule has 2 aromatic carbocycles. The average Bonchev–Trinajstić information content (AvgIpc) is 3.15. The summed E-state index contributed by atoms with van der Waals surface area (Å²) in [5, 5.41) is 20.4. The van der Waals surface area contributed by atoms with Crippen LogP contribution in [0, 0.1) is 5.92 Å². The molecule has 0 saturated heterocycles. The molecule has 0 aliphatic heterocycles. The van der Waals surface area contributed by atoms with Crippen molar-refractivity contribution < 1.29 is 18.0 Å². The highest BCUT2D eigenvalue weighted by atomic mass is 19.4. The molecule has 0 spiro atoms. The summed E-state index contributed by atoms with van der Waals surface area (Å²) in [5.41, 5.74) is 1.39. The number of alkyl halides is 3. The maximum Gasteiger partial charge on any atom is 0.419 e. The topological polar surface area (TPSA) is 101 Å². The molecule has 1 fully saturated rings. The van der Waals surface area contributed by atoms with Gasteiger partial charge in [-0.1, -0.05) is 30.3 Å². The van der Waals surface area contributed by atoms with Crippen molar-refractivity contribution in [2.75, 3.05) is 5.32 Å². The molecule has 2 unspecified atom stereocenters. The highest BCUT2D eigenvalue weighted by Crippen LogP contribution is 2.48. The number of rotatable bonds is 5. The average molecular weight is 439 g/mol. The van der Waals surface area contributed by atoms with E-state index in [1.54, 1.807) is 18.2 Å². The van der Waals surface area contributed by atoms with Crippen LogP contribution in [-0.4, -0.2) is 36.3 Å². The Kier molecular flexibility index (Phi) is 4.72. The Hall–Kier alpha value is -4.02. The number of nitrogens with one attached hydrogen (secondary N) is 2. The Morgan fingerprint density at radius 1 is 1.16 bits per heavy atom. The Morgan fingerprint density at radius 3 is 2.66 bits per heavy atom. The molecule has 2 aromatic heterocycles. The second-order valence-electron chi connectivity index (χ2n) is 7.49. The zero-order valence-electron chi connectivity index (χ0n) is 16.4. The van der Waals surface area contributed by atoms with Crippen molar-refractivity contribution in [1.29, 1.82) is 0 Å². The molecule has 162 valence electrons. The van der Waals surface area contributed by atoms with Crippen LogP contribution in [0.15, 0.2) is 60.9 Å². The number of benzene rings is 2. The van der Waals surface area contributed by atoms with Crippen molar-refractivity contribution in [3.05, 3.63) is 72.1 Å². The molecule has 1 amide bonds. The Labute approximate surface area is 179 Å². The van der Waals surface area contributed by atoms with Crippen LogP contribution < -0.4 is 5.32 Å². The SMILES string of the molecule is O=C(Nc1ccc(-n2cc(C(F)(F)F)cn2)c(-c2nn[nH]n2)c1)C1CC1c1ccccc1. The number of aromatic nitrogens is 6. The standard InChI is InChI=1S/C21H16F3N7O/c22-21(23,24)13-10-25-31(11-13)18-7-6-14(8-17(18)19-27-29-30-28-19)26-20(32)16-9-15(16)12-4-2-1-3-5-12/h1-8,10-11,15-16H,9H2,(H,26,32)(H,27,28,29,30). The lowest BCUT2D eigenvalue weighted by Crippen LogP contribution is -2.15. The van der Waals surface area contributed by atoms with Gasteiger partial charge in [0.2, 0.25) is 11.7 Å². The number of nitrogens with zero attached hydrogens (tertiary/aromatic N) is 5. The normalized spacial score (nSPS) is 17.8. The summed E-state index contributed by atoms with van der Waals surface area (Å²) in [4.78, 5) is 12.7. The summed E-state index contributed by atoms with van der Waals surface area (Å²) < 4.78 is 40.1. The molecule has 32 heavy (non-hydrogen) atoms. The summed E-state index contributed by atoms with van der Waals surface area (Å²) >= 11 is 0. The van der Waals surface area contributed by atoms with Crippen LogP contribution in [0.5, 0.6) is 0 Å². The molecule has 1 aliphatic carbocycles. The van der Waals surface area contributed by atoms with Gasteiger partial charge in [-0.25, -0.2) is 4.68 Å². The van der Waals surface area contributed by atoms with Gasteiger partial charge in [0.15, 0.2) is 0 Å². The van der Waals surface area contributed by atoms with Crippen LogP contribution >= 0.6 is 0 Å². The highest BCUT2D eigenvalue weighted by molar-refractivity contribution is 5.96. The Balaban J connectivity index is 1.41. The molecule has 0 radical (unpaired) electrons. The van der Waals surface area contributed by atoms with E-state index in [9.17, 15) is 18.0 Å². The van der Waals surface area contributed by atoms with Gasteiger partial charge in [0, 0.05) is 17.8 Å². The molecule has 5 rings (SSSR count). The molecule has 1 saturated carbocycles. The molecule has 2 heterocycles. The van der Waals surface area contributed by atoms with Gasteiger partial charge in [-0.15, -0.1) is 10.2 Å². The lowest BCUT2D eigenvalue weighted by molar-refractivity contribution is -0.137. The quantitative estimate of drug-likeness (QED) is 0.492. The molecular weight excluding hydrogens is 423 g/mol. The fraction of sp³-hybridized carbons (Fsp3) is 0.190. The van der Waals surface area contributed by atoms with E-state index in [4.69, 9.17) is 0 Å². The smallest absolute Gasteiger partial charge is 0.326 e. The van der Waals surface area contributed by atoms with E-state index in [2.05, 4.69) is 31.0 Å². The van der Waals surface area contributed by atoms with Crippen molar-refractivity contribution in [2.45, 2.75) is 18.5 Å². The van der Waals surface area contributed by atoms with E-state index in [1.165, 1.54) is 0 Å². The third-order valence-electron chi connectivity index (χ3n) is 5.36. The number of anilines is 1. The maximum absolute atomic E-state index is 13.0. The van der Waals surface area contributed by atoms with Gasteiger partial charge in [0.1, 0.15) is 0 Å². The van der Waals surface area contributed by atoms with E-state index in [0.29, 0.717) is 16.9 Å². The van der Waals surface area contributed by atoms with Crippen molar-refractivity contribution in [3.8, 4) is 17.1 Å². The number of hydrogen-bond donors (Lipinski definition) is 2. The van der Waals surface area contributed by atoms with Crippen LogP contribution in [-0.2, 0) is 11.0 Å². The van der Waals surface area contributed by atoms with Gasteiger partial charge in [-0.05, 0) is 41.3 Å². The van der Waals surface area contributed by atoms with Gasteiger partial charge < -0.3 is 5.32 Å². The fourth-order valence-electron chi connectivity index (χ4n) is 3.66. The number of hydrogen-bond acceptors (Lipinski definition) is 5. The zero-order valence-corrected chi connectivity index (χ0v) is 16.4. The molecular formula is C21H16F3N7O. The van der Waals surface area contributed by atoms with Crippen LogP contribution in [0.3, 0.4) is 0 Å². The summed E-state index contributed by atoms with van der Waals surface area (Å²) in [5.74, 6) is 0.0843. The number of tetrazole rings is 1. The number of H-pyrrole nitrogens is 1. The van der Waals surface area contributed by atoms with Gasteiger partial charge >= 0.3 is 6.18 Å². The van der Waals surface area contributed by atoms with Crippen LogP contribution in [0.2, 0.25) is 0 Å². The van der Waals surface area contributed by atoms with E-state index in [0.717, 1.165) is 29.1 Å². The van der Waals surface area contributed by atoms with E-state index < -0.39 is 11.7 Å². The second-order valence-corrected chi connectivity index (χ2v) is 7.49. The first-order valence-corrected chi connectivity index (χ1v) is 9.76. The molecule has 2 N–H and O–H groups in total. The molecule has 4 aromatic rings. The second kappa shape index (κ2) is 7.59. The largest absolute Gasteiger partial charge is 0.419 e. The number of carbonyl (C=O) groups is 1. The van der Waals surface area contributed by atoms with Crippen molar-refractivity contribution in [2.24, 2.45) is 5.92 Å². The van der Waals surface area contributed by atoms with Crippen molar-refractivity contribution in [3.63, 3.8) is 0 Å². The third-order valence-corrected chi connectivity index (χ3v) is 5.36. The summed E-state index contributed by atoms with van der Waals surface area (Å²) in [6, 6.07) is 14.6. The first kappa shape index (κ1) is 19.9. The monoisotopic (exact) mass is 439 g/mol. The van der Waals surface area contributed by atoms with Gasteiger partial charge in [0.05, 0.1) is 23.0 Å². The number of halogens is 3. The Morgan fingerprint density at radius 2 is 1.97 bits per heavy atom. The minimum Gasteiger partial charge on any atom is -0.326 e. The maximum atomic E-state index is 13.0. The van der Waals surface area contributed by atoms with Gasteiger partial charge in [-0.2, -0.15) is 23.5 Å². The summed E-state index contributed by atoms with van der Waals surface area (Å²) in [6.07, 6.45) is -2.13. The van der Waals surface area contributed by atoms with E-state index in [-0.39, 0.29) is 23.6 Å². The summed E-state index contributed by atoms with van der Waals surface area (Å²) in [6.45, 7) is 0. The predicted octanol–water partition coefficient (Wildman–Crippen LogP) is 3.81. The summed E-state index contributed by atoms with van der Waals surface area (Å²) in [7, 11) is 0. The molecule has 0 bridgehead atoms. The molecule has 11 heteroatoms. The Bertz CT molecular complexity index is 1250. The van der Waals surface area contributed by atoms with Crippen molar-refractivity contribution >= 4 is 11.6 Å². The van der Waals surface area contributed by atoms with Crippen LogP contribution in [0.4, 0.5) is 18.9 Å². The molecule has 2 atom stereocenters. The van der Waals surface area contributed by atoms with Gasteiger partial charge in [0.25, 0.3) is 0 Å². The fourth-order valence-corrected chi connectivity index (χ4v) is 3.66. The molecule has 1 aliphatic rings. The molecule has 8 nitrogen and oxygen atoms in total. The minimum atomic E-state index is -4.52. The third kappa shape index (κ3) is 3.84. The number of aromatic amines is 1. The predicted molar refractivity (Wildman–Crippen MR) is 108 cm³/mol. The van der Waals surface area contributed by atoms with Crippen molar-refractivity contribution in [1.82, 2.24) is 30.4 Å². The van der Waals surface area contributed by atoms with E-state index in [1.807, 2.05) is 30.3 Å². The van der Waals surface area contributed by atoms with Crippen LogP contribution in [0.25, 0.3) is 17.1 Å². The lowest BCUT2D eigenvalue weighted by Gasteiger charge is -2.11. The highest BCUT2D eigenvalue weighted by Gasteiger charge is 2.43. The van der Waals surface area contributed by atoms with E-state index >= 15 is 0 Å². The zero-order chi connectivity index (χ0) is 22.3. The lowest BCUT2D eigenvalue weighted by atomic mass is 10.1. The minimum absolute atomic E-state index is 0.121. The number of amides is 1. The first-order chi connectivity index (χ1) is 15.4. The van der Waals surface area contributed by atoms with Gasteiger partial charge in [-0.3, -0.25) is 4.79 Å². The number of carbonyl (C=O) groups excluding carboxylic acids is 1. The first-order valence-electron chi connectivity index (χ1n) is 9.76. The van der Waals surface area contributed by atoms with Crippen LogP contribution in [0.1, 0.15) is 23.5 Å².